The van der Waals surface area contributed by atoms with Gasteiger partial charge in [-0.2, -0.15) is 0 Å². The average molecular weight is 217 g/mol. The minimum Gasteiger partial charge on any atom is -0.808 e. The van der Waals surface area contributed by atoms with Gasteiger partial charge in [-0.25, -0.2) is 0 Å². The third-order valence-electron chi connectivity index (χ3n) is 1.32. The summed E-state index contributed by atoms with van der Waals surface area (Å²) in [5.74, 6) is 0.518. The van der Waals surface area contributed by atoms with Crippen LogP contribution in [-0.4, -0.2) is 0 Å². The molecule has 0 aliphatic heterocycles. The van der Waals surface area contributed by atoms with Gasteiger partial charge in [-0.1, -0.05) is 41.9 Å². The summed E-state index contributed by atoms with van der Waals surface area (Å²) in [6, 6.07) is 8.41. The average Bonchev–Trinajstić information content (AvgIpc) is 2.03. The van der Waals surface area contributed by atoms with Gasteiger partial charge in [0, 0.05) is 5.03 Å². The predicted molar refractivity (Wildman–Crippen MR) is 47.9 cm³/mol. The predicted octanol–water partition coefficient (Wildman–Crippen LogP) is 1.14. The van der Waals surface area contributed by atoms with E-state index in [1.165, 1.54) is 0 Å². The maximum atomic E-state index is 10.3. The van der Waals surface area contributed by atoms with E-state index in [1.54, 1.807) is 30.3 Å². The van der Waals surface area contributed by atoms with Crippen LogP contribution in [-0.2, 0) is 4.57 Å². The quantitative estimate of drug-likeness (QED) is 0.697. The van der Waals surface area contributed by atoms with Crippen molar-refractivity contribution in [1.82, 2.24) is 0 Å². The molecule has 0 aliphatic rings. The molecule has 0 atom stereocenters. The van der Waals surface area contributed by atoms with Crippen molar-refractivity contribution < 1.29 is 14.4 Å². The Kier molecular flexibility index (Phi) is 3.28. The zero-order chi connectivity index (χ0) is 9.90. The summed E-state index contributed by atoms with van der Waals surface area (Å²) in [6.45, 7) is 0. The smallest absolute Gasteiger partial charge is 0.0490 e. The fourth-order valence-corrected chi connectivity index (χ4v) is 1.72. The molecule has 0 heterocycles. The standard InChI is InChI=1S/C8H8ClO3P/c9-8(6-13(10,11)12)7-4-2-1-3-5-7/h1-6H,(H2,10,11,12)/p-2/b8-6-. The Bertz CT molecular complexity index is 355. The van der Waals surface area contributed by atoms with Gasteiger partial charge in [-0.15, -0.1) is 0 Å². The molecule has 0 fully saturated rings. The summed E-state index contributed by atoms with van der Waals surface area (Å²) < 4.78 is 10.3. The van der Waals surface area contributed by atoms with E-state index in [0.717, 1.165) is 0 Å². The minimum absolute atomic E-state index is 0.0612. The lowest BCUT2D eigenvalue weighted by Gasteiger charge is -2.25. The number of benzene rings is 1. The molecule has 5 heteroatoms. The molecule has 0 saturated heterocycles. The van der Waals surface area contributed by atoms with Crippen molar-refractivity contribution in [3.05, 3.63) is 41.7 Å². The van der Waals surface area contributed by atoms with E-state index in [1.807, 2.05) is 0 Å². The Morgan fingerprint density at radius 1 is 1.31 bits per heavy atom. The Hall–Kier alpha value is -0.600. The van der Waals surface area contributed by atoms with Crippen LogP contribution in [0.1, 0.15) is 5.56 Å². The molecule has 0 saturated carbocycles. The third kappa shape index (κ3) is 3.75. The zero-order valence-corrected chi connectivity index (χ0v) is 8.16. The molecule has 70 valence electrons. The second-order valence-electron chi connectivity index (χ2n) is 2.38. The van der Waals surface area contributed by atoms with Gasteiger partial charge in [0.15, 0.2) is 0 Å². The maximum absolute atomic E-state index is 10.3. The van der Waals surface area contributed by atoms with E-state index in [0.29, 0.717) is 11.4 Å². The van der Waals surface area contributed by atoms with E-state index in [-0.39, 0.29) is 5.03 Å². The number of halogens is 1. The van der Waals surface area contributed by atoms with E-state index < -0.39 is 7.60 Å². The second kappa shape index (κ2) is 4.07. The fraction of sp³-hybridized carbons (Fsp3) is 0. The normalized spacial score (nSPS) is 13.0. The van der Waals surface area contributed by atoms with Crippen LogP contribution in [0.25, 0.3) is 5.03 Å². The minimum atomic E-state index is -4.68. The zero-order valence-electron chi connectivity index (χ0n) is 6.51. The molecular formula is C8H6ClO3P-2. The van der Waals surface area contributed by atoms with Gasteiger partial charge < -0.3 is 14.4 Å². The molecule has 0 bridgehead atoms. The van der Waals surface area contributed by atoms with Crippen molar-refractivity contribution >= 4 is 24.2 Å². The van der Waals surface area contributed by atoms with E-state index >= 15 is 0 Å². The number of hydrogen-bond acceptors (Lipinski definition) is 3. The molecule has 0 N–H and O–H groups in total. The molecule has 3 nitrogen and oxygen atoms in total. The van der Waals surface area contributed by atoms with Crippen LogP contribution in [0.5, 0.6) is 0 Å². The SMILES string of the molecule is O=P([O-])([O-])/C=C(\Cl)c1ccccc1. The molecule has 0 amide bonds. The van der Waals surface area contributed by atoms with Gasteiger partial charge in [0.05, 0.1) is 0 Å². The first-order valence-corrected chi connectivity index (χ1v) is 5.43. The molecule has 0 spiro atoms. The van der Waals surface area contributed by atoms with Crippen molar-refractivity contribution in [1.29, 1.82) is 0 Å². The van der Waals surface area contributed by atoms with Crippen molar-refractivity contribution in [3.63, 3.8) is 0 Å². The van der Waals surface area contributed by atoms with E-state index in [9.17, 15) is 14.4 Å². The first-order valence-electron chi connectivity index (χ1n) is 3.44. The van der Waals surface area contributed by atoms with Crippen LogP contribution in [0.15, 0.2) is 36.1 Å². The molecule has 0 radical (unpaired) electrons. The lowest BCUT2D eigenvalue weighted by atomic mass is 10.2. The largest absolute Gasteiger partial charge is 0.808 e. The van der Waals surface area contributed by atoms with Crippen LogP contribution in [0.4, 0.5) is 0 Å². The Morgan fingerprint density at radius 2 is 1.85 bits per heavy atom. The molecule has 1 rings (SSSR count). The summed E-state index contributed by atoms with van der Waals surface area (Å²) in [5, 5.41) is -0.0612. The Labute approximate surface area is 80.8 Å². The molecular weight excluding hydrogens is 211 g/mol. The van der Waals surface area contributed by atoms with Gasteiger partial charge in [-0.3, -0.25) is 0 Å². The van der Waals surface area contributed by atoms with Gasteiger partial charge in [-0.05, 0) is 19.0 Å². The van der Waals surface area contributed by atoms with E-state index in [4.69, 9.17) is 11.6 Å². The van der Waals surface area contributed by atoms with Crippen LogP contribution in [0, 0.1) is 0 Å². The fourth-order valence-electron chi connectivity index (χ4n) is 0.811. The van der Waals surface area contributed by atoms with Crippen molar-refractivity contribution in [2.75, 3.05) is 0 Å². The van der Waals surface area contributed by atoms with Crippen LogP contribution >= 0.6 is 19.2 Å². The molecule has 0 aromatic heterocycles. The van der Waals surface area contributed by atoms with Gasteiger partial charge in [0.1, 0.15) is 0 Å². The molecule has 1 aromatic rings. The topological polar surface area (TPSA) is 63.2 Å². The van der Waals surface area contributed by atoms with Crippen LogP contribution in [0.3, 0.4) is 0 Å². The lowest BCUT2D eigenvalue weighted by molar-refractivity contribution is -0.308. The summed E-state index contributed by atoms with van der Waals surface area (Å²) in [4.78, 5) is 20.7. The molecule has 1 aromatic carbocycles. The molecule has 13 heavy (non-hydrogen) atoms. The van der Waals surface area contributed by atoms with Crippen molar-refractivity contribution in [3.8, 4) is 0 Å². The van der Waals surface area contributed by atoms with Gasteiger partial charge in [0.25, 0.3) is 0 Å². The first kappa shape index (κ1) is 10.5. The van der Waals surface area contributed by atoms with Crippen molar-refractivity contribution in [2.45, 2.75) is 0 Å². The summed E-state index contributed by atoms with van der Waals surface area (Å²) in [5.41, 5.74) is 0.510. The molecule has 0 aliphatic carbocycles. The Balaban J connectivity index is 2.99. The van der Waals surface area contributed by atoms with Crippen LogP contribution < -0.4 is 9.79 Å². The number of rotatable bonds is 2. The molecule has 0 unspecified atom stereocenters. The highest BCUT2D eigenvalue weighted by atomic mass is 35.5. The first-order chi connectivity index (χ1) is 5.99. The highest BCUT2D eigenvalue weighted by Crippen LogP contribution is 2.32. The second-order valence-corrected chi connectivity index (χ2v) is 4.13. The van der Waals surface area contributed by atoms with Crippen molar-refractivity contribution in [2.24, 2.45) is 0 Å². The summed E-state index contributed by atoms with van der Waals surface area (Å²) in [7, 11) is -4.68. The number of hydrogen-bond donors (Lipinski definition) is 0. The van der Waals surface area contributed by atoms with E-state index in [2.05, 4.69) is 0 Å². The monoisotopic (exact) mass is 216 g/mol. The highest BCUT2D eigenvalue weighted by molar-refractivity contribution is 7.52. The third-order valence-corrected chi connectivity index (χ3v) is 2.37. The summed E-state index contributed by atoms with van der Waals surface area (Å²) >= 11 is 5.58. The lowest BCUT2D eigenvalue weighted by Crippen LogP contribution is -2.10. The highest BCUT2D eigenvalue weighted by Gasteiger charge is 1.96. The van der Waals surface area contributed by atoms with Crippen LogP contribution in [0.2, 0.25) is 0 Å². The summed E-state index contributed by atoms with van der Waals surface area (Å²) in [6.07, 6.45) is 0. The van der Waals surface area contributed by atoms with Gasteiger partial charge >= 0.3 is 0 Å². The van der Waals surface area contributed by atoms with Gasteiger partial charge in [0.2, 0.25) is 0 Å². The maximum Gasteiger partial charge on any atom is 0.0490 e. The Morgan fingerprint density at radius 3 is 2.31 bits per heavy atom.